The van der Waals surface area contributed by atoms with E-state index in [2.05, 4.69) is 17.9 Å². The number of amides is 1. The number of rotatable bonds is 3. The van der Waals surface area contributed by atoms with Gasteiger partial charge in [0, 0.05) is 24.5 Å². The van der Waals surface area contributed by atoms with Crippen LogP contribution in [0.25, 0.3) is 0 Å². The summed E-state index contributed by atoms with van der Waals surface area (Å²) in [7, 11) is 0. The van der Waals surface area contributed by atoms with Crippen molar-refractivity contribution in [3.8, 4) is 0 Å². The summed E-state index contributed by atoms with van der Waals surface area (Å²) in [5.74, 6) is 0.905. The lowest BCUT2D eigenvalue weighted by Crippen LogP contribution is -2.60. The van der Waals surface area contributed by atoms with Gasteiger partial charge in [-0.25, -0.2) is 0 Å². The molecule has 1 saturated carbocycles. The van der Waals surface area contributed by atoms with Gasteiger partial charge < -0.3 is 9.47 Å². The Hall–Kier alpha value is -0.950. The van der Waals surface area contributed by atoms with Gasteiger partial charge >= 0.3 is 0 Å². The first-order chi connectivity index (χ1) is 11.1. The third kappa shape index (κ3) is 3.45. The Kier molecular flexibility index (Phi) is 4.17. The molecular formula is C17H24N2O3S. The Labute approximate surface area is 141 Å². The van der Waals surface area contributed by atoms with Crippen molar-refractivity contribution in [1.82, 2.24) is 4.90 Å². The average Bonchev–Trinajstić information content (AvgIpc) is 3.28. The summed E-state index contributed by atoms with van der Waals surface area (Å²) in [5.41, 5.74) is -0.392. The van der Waals surface area contributed by atoms with Crippen LogP contribution < -0.4 is 4.90 Å². The van der Waals surface area contributed by atoms with Gasteiger partial charge in [-0.2, -0.15) is 0 Å². The van der Waals surface area contributed by atoms with Gasteiger partial charge in [0.2, 0.25) is 0 Å². The molecule has 1 aromatic heterocycles. The first-order valence-electron chi connectivity index (χ1n) is 8.44. The predicted molar refractivity (Wildman–Crippen MR) is 90.1 cm³/mol. The lowest BCUT2D eigenvalue weighted by atomic mass is 10.0. The molecule has 126 valence electrons. The van der Waals surface area contributed by atoms with E-state index in [9.17, 15) is 4.79 Å². The van der Waals surface area contributed by atoms with Crippen molar-refractivity contribution in [2.45, 2.75) is 25.4 Å². The number of hydrogen-bond acceptors (Lipinski definition) is 5. The molecule has 1 aliphatic carbocycles. The Balaban J connectivity index is 1.52. The molecule has 3 aliphatic rings. The monoisotopic (exact) mass is 336 g/mol. The molecular weight excluding hydrogens is 312 g/mol. The Morgan fingerprint density at radius 1 is 1.35 bits per heavy atom. The number of nitrogens with zero attached hydrogens (tertiary/aromatic N) is 2. The molecule has 2 saturated heterocycles. The summed E-state index contributed by atoms with van der Waals surface area (Å²) in [5, 5.41) is 1.02. The van der Waals surface area contributed by atoms with Gasteiger partial charge in [0.25, 0.3) is 5.91 Å². The van der Waals surface area contributed by atoms with E-state index in [1.54, 1.807) is 11.3 Å². The average molecular weight is 336 g/mol. The second-order valence-corrected chi connectivity index (χ2v) is 8.33. The molecule has 3 heterocycles. The van der Waals surface area contributed by atoms with Crippen molar-refractivity contribution < 1.29 is 14.3 Å². The Morgan fingerprint density at radius 3 is 2.96 bits per heavy atom. The number of carbonyl (C=O) groups excluding carboxylic acids is 1. The minimum absolute atomic E-state index is 0.0514. The van der Waals surface area contributed by atoms with Crippen LogP contribution >= 0.6 is 11.3 Å². The molecule has 0 N–H and O–H groups in total. The molecule has 2 aliphatic heterocycles. The second kappa shape index (κ2) is 6.16. The van der Waals surface area contributed by atoms with Crippen LogP contribution in [0.5, 0.6) is 0 Å². The number of hydrogen-bond donors (Lipinski definition) is 0. The van der Waals surface area contributed by atoms with Crippen molar-refractivity contribution in [3.63, 3.8) is 0 Å². The van der Waals surface area contributed by atoms with E-state index < -0.39 is 5.60 Å². The molecule has 3 fully saturated rings. The molecule has 6 heteroatoms. The van der Waals surface area contributed by atoms with Crippen LogP contribution in [0, 0.1) is 12.8 Å². The lowest BCUT2D eigenvalue weighted by molar-refractivity contribution is -0.146. The van der Waals surface area contributed by atoms with Crippen molar-refractivity contribution in [2.75, 3.05) is 50.9 Å². The molecule has 1 amide bonds. The maximum Gasteiger partial charge on any atom is 0.253 e. The van der Waals surface area contributed by atoms with E-state index >= 15 is 0 Å². The molecule has 0 aromatic carbocycles. The van der Waals surface area contributed by atoms with Gasteiger partial charge in [-0.15, -0.1) is 11.3 Å². The van der Waals surface area contributed by atoms with Crippen LogP contribution in [0.1, 0.15) is 17.7 Å². The third-order valence-electron chi connectivity index (χ3n) is 4.88. The summed E-state index contributed by atoms with van der Waals surface area (Å²) in [6.07, 6.45) is 2.70. The maximum atomic E-state index is 12.3. The van der Waals surface area contributed by atoms with Gasteiger partial charge in [-0.1, -0.05) is 0 Å². The number of thiophene rings is 1. The van der Waals surface area contributed by atoms with Gasteiger partial charge in [0.1, 0.15) is 12.2 Å². The van der Waals surface area contributed by atoms with E-state index in [0.717, 1.165) is 37.2 Å². The van der Waals surface area contributed by atoms with Crippen molar-refractivity contribution in [2.24, 2.45) is 5.92 Å². The standard InChI is InChI=1S/C17H24N2O3S/c1-13-2-5-16(23-13)19-11-17(22-9-15(19)20)10-18(6-7-21-12-17)8-14-3-4-14/h2,5,14H,3-4,6-12H2,1H3/t17-/m0/s1. The fourth-order valence-corrected chi connectivity index (χ4v) is 4.35. The van der Waals surface area contributed by atoms with Crippen molar-refractivity contribution in [1.29, 1.82) is 0 Å². The van der Waals surface area contributed by atoms with Gasteiger partial charge in [0.15, 0.2) is 0 Å². The number of carbonyl (C=O) groups is 1. The summed E-state index contributed by atoms with van der Waals surface area (Å²) in [6.45, 7) is 7.10. The molecule has 23 heavy (non-hydrogen) atoms. The quantitative estimate of drug-likeness (QED) is 0.845. The Morgan fingerprint density at radius 2 is 2.22 bits per heavy atom. The largest absolute Gasteiger partial charge is 0.377 e. The van der Waals surface area contributed by atoms with Crippen LogP contribution in [-0.2, 0) is 14.3 Å². The second-order valence-electron chi connectivity index (χ2n) is 7.07. The highest BCUT2D eigenvalue weighted by Crippen LogP contribution is 2.34. The predicted octanol–water partition coefficient (Wildman–Crippen LogP) is 1.90. The van der Waals surface area contributed by atoms with Crippen LogP contribution in [0.2, 0.25) is 0 Å². The van der Waals surface area contributed by atoms with Crippen molar-refractivity contribution >= 4 is 22.2 Å². The molecule has 4 rings (SSSR count). The van der Waals surface area contributed by atoms with Crippen LogP contribution in [0.4, 0.5) is 5.00 Å². The minimum Gasteiger partial charge on any atom is -0.377 e. The van der Waals surface area contributed by atoms with Gasteiger partial charge in [-0.3, -0.25) is 14.6 Å². The highest BCUT2D eigenvalue weighted by molar-refractivity contribution is 7.16. The maximum absolute atomic E-state index is 12.3. The first-order valence-corrected chi connectivity index (χ1v) is 9.26. The molecule has 0 unspecified atom stereocenters. The summed E-state index contributed by atoms with van der Waals surface area (Å²) in [6, 6.07) is 4.11. The minimum atomic E-state index is -0.392. The number of morpholine rings is 1. The van der Waals surface area contributed by atoms with Crippen LogP contribution in [0.15, 0.2) is 12.1 Å². The van der Waals surface area contributed by atoms with Crippen molar-refractivity contribution in [3.05, 3.63) is 17.0 Å². The number of ether oxygens (including phenoxy) is 2. The lowest BCUT2D eigenvalue weighted by Gasteiger charge is -2.42. The Bertz CT molecular complexity index is 586. The summed E-state index contributed by atoms with van der Waals surface area (Å²) < 4.78 is 11.9. The molecule has 1 atom stereocenters. The fourth-order valence-electron chi connectivity index (χ4n) is 3.47. The van der Waals surface area contributed by atoms with E-state index in [0.29, 0.717) is 13.2 Å². The number of aryl methyl sites for hydroxylation is 1. The smallest absolute Gasteiger partial charge is 0.253 e. The highest BCUT2D eigenvalue weighted by atomic mass is 32.1. The molecule has 1 aromatic rings. The molecule has 0 radical (unpaired) electrons. The topological polar surface area (TPSA) is 42.0 Å². The first kappa shape index (κ1) is 15.6. The highest BCUT2D eigenvalue weighted by Gasteiger charge is 2.44. The zero-order valence-corrected chi connectivity index (χ0v) is 14.4. The van der Waals surface area contributed by atoms with E-state index in [1.807, 2.05) is 11.0 Å². The summed E-state index contributed by atoms with van der Waals surface area (Å²) in [4.78, 5) is 17.9. The van der Waals surface area contributed by atoms with Gasteiger partial charge in [-0.05, 0) is 37.8 Å². The van der Waals surface area contributed by atoms with Gasteiger partial charge in [0.05, 0.1) is 24.8 Å². The fraction of sp³-hybridized carbons (Fsp3) is 0.706. The van der Waals surface area contributed by atoms with E-state index in [1.165, 1.54) is 17.7 Å². The summed E-state index contributed by atoms with van der Waals surface area (Å²) >= 11 is 1.67. The van der Waals surface area contributed by atoms with Crippen LogP contribution in [0.3, 0.4) is 0 Å². The normalized spacial score (nSPS) is 30.0. The molecule has 5 nitrogen and oxygen atoms in total. The third-order valence-corrected chi connectivity index (χ3v) is 5.91. The SMILES string of the molecule is Cc1ccc(N2C[C@@]3(COCCN(CC4CC4)C3)OCC2=O)s1. The number of anilines is 1. The zero-order valence-electron chi connectivity index (χ0n) is 13.6. The molecule has 1 spiro atoms. The van der Waals surface area contributed by atoms with E-state index in [4.69, 9.17) is 9.47 Å². The molecule has 0 bridgehead atoms. The zero-order chi connectivity index (χ0) is 15.9. The van der Waals surface area contributed by atoms with Crippen LogP contribution in [-0.4, -0.2) is 62.4 Å². The van der Waals surface area contributed by atoms with E-state index in [-0.39, 0.29) is 12.5 Å².